The number of aromatic nitrogens is 1. The van der Waals surface area contributed by atoms with Crippen LogP contribution in [0.5, 0.6) is 0 Å². The number of nitrogens with one attached hydrogen (secondary N) is 1. The van der Waals surface area contributed by atoms with Crippen molar-refractivity contribution in [1.82, 2.24) is 4.98 Å². The quantitative estimate of drug-likeness (QED) is 0.529. The maximum Gasteiger partial charge on any atom is 0.268 e. The zero-order valence-corrected chi connectivity index (χ0v) is 15.2. The van der Waals surface area contributed by atoms with Gasteiger partial charge in [0.15, 0.2) is 5.13 Å². The molecule has 0 aliphatic carbocycles. The Morgan fingerprint density at radius 2 is 2.12 bits per heavy atom. The molecule has 124 valence electrons. The van der Waals surface area contributed by atoms with E-state index in [1.165, 1.54) is 33.8 Å². The molecule has 0 saturated carbocycles. The second-order valence-electron chi connectivity index (χ2n) is 5.43. The van der Waals surface area contributed by atoms with Gasteiger partial charge in [-0.25, -0.2) is 4.98 Å². The van der Waals surface area contributed by atoms with Crippen molar-refractivity contribution in [3.05, 3.63) is 74.4 Å². The number of thiazole rings is 1. The lowest BCUT2D eigenvalue weighted by Gasteiger charge is -2.00. The van der Waals surface area contributed by atoms with E-state index in [1.54, 1.807) is 12.3 Å². The second kappa shape index (κ2) is 7.88. The molecule has 3 aromatic rings. The van der Waals surface area contributed by atoms with Gasteiger partial charge in [-0.1, -0.05) is 35.9 Å². The third kappa shape index (κ3) is 4.63. The van der Waals surface area contributed by atoms with Crippen molar-refractivity contribution in [3.63, 3.8) is 0 Å². The molecular formula is C19H15N3OS2. The molecule has 0 aliphatic heterocycles. The van der Waals surface area contributed by atoms with Crippen LogP contribution in [0, 0.1) is 18.3 Å². The summed E-state index contributed by atoms with van der Waals surface area (Å²) in [6.45, 7) is 2.06. The molecule has 0 unspecified atom stereocenters. The fourth-order valence-electron chi connectivity index (χ4n) is 2.18. The molecule has 1 amide bonds. The molecule has 6 heteroatoms. The molecule has 0 saturated heterocycles. The van der Waals surface area contributed by atoms with Crippen LogP contribution in [0.25, 0.3) is 6.08 Å². The standard InChI is InChI=1S/C19H15N3OS2/c1-13-4-6-14(7-5-13)9-17-12-21-19(25-17)22-18(23)15(11-20)10-16-3-2-8-24-16/h2-8,10,12H,9H2,1H3,(H,21,22,23)/b15-10+. The van der Waals surface area contributed by atoms with Crippen molar-refractivity contribution >= 4 is 39.8 Å². The van der Waals surface area contributed by atoms with Crippen LogP contribution in [0.2, 0.25) is 0 Å². The lowest BCUT2D eigenvalue weighted by atomic mass is 10.1. The summed E-state index contributed by atoms with van der Waals surface area (Å²) in [5.74, 6) is -0.438. The number of benzene rings is 1. The SMILES string of the molecule is Cc1ccc(Cc2cnc(NC(=O)/C(C#N)=C/c3cccs3)s2)cc1. The Bertz CT molecular complexity index is 932. The van der Waals surface area contributed by atoms with Crippen LogP contribution in [0.15, 0.2) is 53.5 Å². The number of nitriles is 1. The summed E-state index contributed by atoms with van der Waals surface area (Å²) in [5, 5.41) is 14.3. The summed E-state index contributed by atoms with van der Waals surface area (Å²) in [6.07, 6.45) is 4.11. The van der Waals surface area contributed by atoms with Gasteiger partial charge in [0.2, 0.25) is 0 Å². The number of aryl methyl sites for hydroxylation is 1. The Labute approximate surface area is 154 Å². The maximum absolute atomic E-state index is 12.2. The minimum Gasteiger partial charge on any atom is -0.297 e. The molecule has 4 nitrogen and oxygen atoms in total. The Morgan fingerprint density at radius 1 is 1.32 bits per heavy atom. The first-order chi connectivity index (χ1) is 12.1. The normalized spacial score (nSPS) is 11.1. The van der Waals surface area contributed by atoms with Crippen LogP contribution in [-0.2, 0) is 11.2 Å². The minimum atomic E-state index is -0.438. The highest BCUT2D eigenvalue weighted by Gasteiger charge is 2.12. The predicted octanol–water partition coefficient (Wildman–Crippen LogP) is 4.65. The Hall–Kier alpha value is -2.75. The molecule has 2 heterocycles. The van der Waals surface area contributed by atoms with Crippen LogP contribution >= 0.6 is 22.7 Å². The van der Waals surface area contributed by atoms with Crippen molar-refractivity contribution in [2.24, 2.45) is 0 Å². The highest BCUT2D eigenvalue weighted by atomic mass is 32.1. The summed E-state index contributed by atoms with van der Waals surface area (Å²) in [6, 6.07) is 14.0. The first-order valence-corrected chi connectivity index (χ1v) is 9.30. The molecule has 0 bridgehead atoms. The van der Waals surface area contributed by atoms with Crippen molar-refractivity contribution in [2.75, 3.05) is 5.32 Å². The van der Waals surface area contributed by atoms with Gasteiger partial charge in [-0.15, -0.1) is 22.7 Å². The second-order valence-corrected chi connectivity index (χ2v) is 7.53. The summed E-state index contributed by atoms with van der Waals surface area (Å²) < 4.78 is 0. The average molecular weight is 365 g/mol. The lowest BCUT2D eigenvalue weighted by molar-refractivity contribution is -0.112. The summed E-state index contributed by atoms with van der Waals surface area (Å²) in [4.78, 5) is 18.4. The maximum atomic E-state index is 12.2. The van der Waals surface area contributed by atoms with Gasteiger partial charge < -0.3 is 0 Å². The molecule has 25 heavy (non-hydrogen) atoms. The minimum absolute atomic E-state index is 0.0673. The van der Waals surface area contributed by atoms with E-state index in [1.807, 2.05) is 23.6 Å². The number of hydrogen-bond donors (Lipinski definition) is 1. The third-order valence-electron chi connectivity index (χ3n) is 3.47. The Morgan fingerprint density at radius 3 is 2.80 bits per heavy atom. The number of anilines is 1. The molecule has 0 fully saturated rings. The molecule has 1 N–H and O–H groups in total. The van der Waals surface area contributed by atoms with E-state index >= 15 is 0 Å². The van der Waals surface area contributed by atoms with Crippen molar-refractivity contribution < 1.29 is 4.79 Å². The largest absolute Gasteiger partial charge is 0.297 e. The Balaban J connectivity index is 1.67. The van der Waals surface area contributed by atoms with Gasteiger partial charge in [0.05, 0.1) is 0 Å². The van der Waals surface area contributed by atoms with E-state index in [-0.39, 0.29) is 5.57 Å². The smallest absolute Gasteiger partial charge is 0.268 e. The number of hydrogen-bond acceptors (Lipinski definition) is 5. The van der Waals surface area contributed by atoms with E-state index in [9.17, 15) is 10.1 Å². The van der Waals surface area contributed by atoms with Gasteiger partial charge in [-0.3, -0.25) is 10.1 Å². The third-order valence-corrected chi connectivity index (χ3v) is 5.20. The number of thiophene rings is 1. The number of carbonyl (C=O) groups excluding carboxylic acids is 1. The number of amides is 1. The summed E-state index contributed by atoms with van der Waals surface area (Å²) >= 11 is 2.90. The van der Waals surface area contributed by atoms with Gasteiger partial charge in [0, 0.05) is 22.4 Å². The molecule has 3 rings (SSSR count). The number of rotatable bonds is 5. The molecule has 0 aliphatic rings. The van der Waals surface area contributed by atoms with Gasteiger partial charge in [-0.05, 0) is 30.0 Å². The fraction of sp³-hybridized carbons (Fsp3) is 0.105. The fourth-order valence-corrected chi connectivity index (χ4v) is 3.68. The monoisotopic (exact) mass is 365 g/mol. The number of nitrogens with zero attached hydrogens (tertiary/aromatic N) is 2. The first kappa shape index (κ1) is 17.1. The van der Waals surface area contributed by atoms with Crippen molar-refractivity contribution in [1.29, 1.82) is 5.26 Å². The zero-order chi connectivity index (χ0) is 17.6. The van der Waals surface area contributed by atoms with E-state index in [2.05, 4.69) is 41.5 Å². The van der Waals surface area contributed by atoms with Crippen LogP contribution < -0.4 is 5.32 Å². The zero-order valence-electron chi connectivity index (χ0n) is 13.5. The highest BCUT2D eigenvalue weighted by molar-refractivity contribution is 7.15. The van der Waals surface area contributed by atoms with E-state index < -0.39 is 5.91 Å². The lowest BCUT2D eigenvalue weighted by Crippen LogP contribution is -2.13. The van der Waals surface area contributed by atoms with E-state index in [0.717, 1.165) is 16.2 Å². The van der Waals surface area contributed by atoms with E-state index in [4.69, 9.17) is 0 Å². The van der Waals surface area contributed by atoms with Gasteiger partial charge >= 0.3 is 0 Å². The van der Waals surface area contributed by atoms with Crippen LogP contribution in [0.1, 0.15) is 20.9 Å². The van der Waals surface area contributed by atoms with Gasteiger partial charge in [0.1, 0.15) is 11.6 Å². The van der Waals surface area contributed by atoms with Crippen molar-refractivity contribution in [2.45, 2.75) is 13.3 Å². The van der Waals surface area contributed by atoms with Crippen molar-refractivity contribution in [3.8, 4) is 6.07 Å². The van der Waals surface area contributed by atoms with E-state index in [0.29, 0.717) is 5.13 Å². The van der Waals surface area contributed by atoms with Gasteiger partial charge in [0.25, 0.3) is 5.91 Å². The van der Waals surface area contributed by atoms with Crippen LogP contribution in [0.4, 0.5) is 5.13 Å². The molecule has 2 aromatic heterocycles. The highest BCUT2D eigenvalue weighted by Crippen LogP contribution is 2.22. The van der Waals surface area contributed by atoms with Gasteiger partial charge in [-0.2, -0.15) is 5.26 Å². The predicted molar refractivity (Wildman–Crippen MR) is 103 cm³/mol. The average Bonchev–Trinajstić information content (AvgIpc) is 3.26. The first-order valence-electron chi connectivity index (χ1n) is 7.61. The number of carbonyl (C=O) groups is 1. The van der Waals surface area contributed by atoms with Crippen LogP contribution in [-0.4, -0.2) is 10.9 Å². The summed E-state index contributed by atoms with van der Waals surface area (Å²) in [7, 11) is 0. The van der Waals surface area contributed by atoms with Crippen LogP contribution in [0.3, 0.4) is 0 Å². The topological polar surface area (TPSA) is 65.8 Å². The molecule has 0 spiro atoms. The molecular weight excluding hydrogens is 350 g/mol. The molecule has 1 aromatic carbocycles. The molecule has 0 radical (unpaired) electrons. The Kier molecular flexibility index (Phi) is 5.39. The molecule has 0 atom stereocenters. The summed E-state index contributed by atoms with van der Waals surface area (Å²) in [5.41, 5.74) is 2.49.